The van der Waals surface area contributed by atoms with Crippen LogP contribution in [-0.2, 0) is 5.41 Å². The number of furan rings is 1. The number of fused-ring (bicyclic) bond motifs is 8. The molecule has 9 aromatic carbocycles. The van der Waals surface area contributed by atoms with Crippen LogP contribution in [0.4, 0.5) is 17.1 Å². The molecular formula is C55H39NO. The van der Waals surface area contributed by atoms with Gasteiger partial charge in [-0.15, -0.1) is 0 Å². The van der Waals surface area contributed by atoms with Crippen molar-refractivity contribution in [1.82, 2.24) is 0 Å². The van der Waals surface area contributed by atoms with Gasteiger partial charge in [-0.05, 0) is 115 Å². The van der Waals surface area contributed by atoms with E-state index in [1.54, 1.807) is 0 Å². The van der Waals surface area contributed by atoms with Crippen molar-refractivity contribution in [3.05, 3.63) is 211 Å². The molecule has 0 unspecified atom stereocenters. The average molecular weight is 730 g/mol. The topological polar surface area (TPSA) is 16.4 Å². The number of hydrogen-bond acceptors (Lipinski definition) is 2. The Morgan fingerprint density at radius 3 is 1.67 bits per heavy atom. The van der Waals surface area contributed by atoms with E-state index in [2.05, 4.69) is 219 Å². The van der Waals surface area contributed by atoms with E-state index in [0.717, 1.165) is 50.1 Å². The molecule has 0 spiro atoms. The Morgan fingerprint density at radius 2 is 0.965 bits per heavy atom. The van der Waals surface area contributed by atoms with Gasteiger partial charge >= 0.3 is 0 Å². The van der Waals surface area contributed by atoms with E-state index in [9.17, 15) is 0 Å². The second-order valence-corrected chi connectivity index (χ2v) is 15.7. The second-order valence-electron chi connectivity index (χ2n) is 15.7. The van der Waals surface area contributed by atoms with Gasteiger partial charge in [-0.2, -0.15) is 0 Å². The predicted molar refractivity (Wildman–Crippen MR) is 240 cm³/mol. The summed E-state index contributed by atoms with van der Waals surface area (Å²) in [5.41, 5.74) is 17.2. The van der Waals surface area contributed by atoms with Gasteiger partial charge in [0.05, 0.1) is 11.1 Å². The van der Waals surface area contributed by atoms with Crippen molar-refractivity contribution in [3.8, 4) is 44.5 Å². The molecule has 0 radical (unpaired) electrons. The molecule has 0 saturated carbocycles. The lowest BCUT2D eigenvalue weighted by Gasteiger charge is -2.29. The van der Waals surface area contributed by atoms with Crippen LogP contribution in [0.3, 0.4) is 0 Å². The summed E-state index contributed by atoms with van der Waals surface area (Å²) in [5, 5.41) is 4.60. The van der Waals surface area contributed by atoms with Crippen LogP contribution in [0.25, 0.3) is 77.2 Å². The van der Waals surface area contributed by atoms with Crippen LogP contribution in [0.2, 0.25) is 0 Å². The maximum Gasteiger partial charge on any atom is 0.137 e. The Bertz CT molecular complexity index is 3080. The molecule has 57 heavy (non-hydrogen) atoms. The summed E-state index contributed by atoms with van der Waals surface area (Å²) < 4.78 is 6.89. The average Bonchev–Trinajstić information content (AvgIpc) is 3.77. The van der Waals surface area contributed by atoms with Crippen molar-refractivity contribution in [2.75, 3.05) is 4.90 Å². The largest absolute Gasteiger partial charge is 0.456 e. The van der Waals surface area contributed by atoms with Gasteiger partial charge in [0.25, 0.3) is 0 Å². The molecule has 10 aromatic rings. The van der Waals surface area contributed by atoms with E-state index in [1.165, 1.54) is 55.3 Å². The van der Waals surface area contributed by atoms with Crippen molar-refractivity contribution >= 4 is 49.8 Å². The lowest BCUT2D eigenvalue weighted by atomic mass is 9.82. The standard InChI is InChI=1S/C55H39NO/c1-55(2)48-26-15-14-24-44(48)45-30-29-41(34-49(45)55)56(42-32-39(36-17-6-3-7-18-36)31-40(33-42)37-19-8-4-9-20-37)50-27-16-28-51-54(50)53-46-25-13-12-23-43(46)47(35-52(53)57-51)38-21-10-5-11-22-38/h3-35H,1-2H3. The molecule has 0 N–H and O–H groups in total. The second kappa shape index (κ2) is 13.0. The highest BCUT2D eigenvalue weighted by molar-refractivity contribution is 6.25. The highest BCUT2D eigenvalue weighted by Gasteiger charge is 2.36. The highest BCUT2D eigenvalue weighted by atomic mass is 16.3. The van der Waals surface area contributed by atoms with Crippen LogP contribution < -0.4 is 4.90 Å². The predicted octanol–water partition coefficient (Wildman–Crippen LogP) is 15.5. The van der Waals surface area contributed by atoms with Crippen LogP contribution in [-0.4, -0.2) is 0 Å². The van der Waals surface area contributed by atoms with Gasteiger partial charge in [0, 0.05) is 22.2 Å². The molecular weight excluding hydrogens is 691 g/mol. The van der Waals surface area contributed by atoms with E-state index in [1.807, 2.05) is 0 Å². The monoisotopic (exact) mass is 729 g/mol. The minimum absolute atomic E-state index is 0.160. The third-order valence-electron chi connectivity index (χ3n) is 12.0. The summed E-state index contributed by atoms with van der Waals surface area (Å²) in [6.45, 7) is 4.71. The van der Waals surface area contributed by atoms with E-state index >= 15 is 0 Å². The van der Waals surface area contributed by atoms with Crippen molar-refractivity contribution in [2.24, 2.45) is 0 Å². The molecule has 1 aliphatic rings. The molecule has 270 valence electrons. The summed E-state index contributed by atoms with van der Waals surface area (Å²) in [4.78, 5) is 2.47. The summed E-state index contributed by atoms with van der Waals surface area (Å²) >= 11 is 0. The molecule has 2 nitrogen and oxygen atoms in total. The molecule has 0 amide bonds. The Morgan fingerprint density at radius 1 is 0.368 bits per heavy atom. The minimum atomic E-state index is -0.160. The third kappa shape index (κ3) is 5.33. The minimum Gasteiger partial charge on any atom is -0.456 e. The molecule has 0 bridgehead atoms. The third-order valence-corrected chi connectivity index (χ3v) is 12.0. The number of nitrogens with zero attached hydrogens (tertiary/aromatic N) is 1. The van der Waals surface area contributed by atoms with E-state index in [-0.39, 0.29) is 5.41 Å². The molecule has 2 heteroatoms. The zero-order valence-electron chi connectivity index (χ0n) is 31.9. The van der Waals surface area contributed by atoms with E-state index in [4.69, 9.17) is 4.42 Å². The van der Waals surface area contributed by atoms with Crippen LogP contribution >= 0.6 is 0 Å². The fourth-order valence-electron chi connectivity index (χ4n) is 9.30. The number of anilines is 3. The van der Waals surface area contributed by atoms with Gasteiger partial charge in [-0.1, -0.05) is 166 Å². The zero-order chi connectivity index (χ0) is 38.1. The SMILES string of the molecule is CC1(C)c2ccccc2-c2ccc(N(c3cc(-c4ccccc4)cc(-c4ccccc4)c3)c3cccc4oc5cc(-c6ccccc6)c6ccccc6c5c34)cc21. The quantitative estimate of drug-likeness (QED) is 0.169. The Hall–Kier alpha value is -7.16. The van der Waals surface area contributed by atoms with Gasteiger partial charge in [0.1, 0.15) is 11.2 Å². The lowest BCUT2D eigenvalue weighted by Crippen LogP contribution is -2.16. The van der Waals surface area contributed by atoms with Gasteiger partial charge in [-0.25, -0.2) is 0 Å². The molecule has 0 aliphatic heterocycles. The molecule has 1 aliphatic carbocycles. The van der Waals surface area contributed by atoms with Crippen LogP contribution in [0.1, 0.15) is 25.0 Å². The maximum atomic E-state index is 6.89. The molecule has 11 rings (SSSR count). The smallest absolute Gasteiger partial charge is 0.137 e. The molecule has 1 heterocycles. The first-order chi connectivity index (χ1) is 28.0. The van der Waals surface area contributed by atoms with Crippen LogP contribution in [0.15, 0.2) is 205 Å². The number of rotatable bonds is 6. The Kier molecular flexibility index (Phi) is 7.55. The van der Waals surface area contributed by atoms with Crippen molar-refractivity contribution in [3.63, 3.8) is 0 Å². The van der Waals surface area contributed by atoms with Gasteiger partial charge < -0.3 is 9.32 Å². The Balaban J connectivity index is 1.23. The van der Waals surface area contributed by atoms with Crippen LogP contribution in [0.5, 0.6) is 0 Å². The fourth-order valence-corrected chi connectivity index (χ4v) is 9.30. The van der Waals surface area contributed by atoms with Gasteiger partial charge in [0.2, 0.25) is 0 Å². The van der Waals surface area contributed by atoms with E-state index in [0.29, 0.717) is 0 Å². The van der Waals surface area contributed by atoms with Crippen LogP contribution in [0, 0.1) is 0 Å². The van der Waals surface area contributed by atoms with Crippen molar-refractivity contribution in [2.45, 2.75) is 19.3 Å². The van der Waals surface area contributed by atoms with Gasteiger partial charge in [0.15, 0.2) is 0 Å². The Labute approximate surface area is 332 Å². The molecule has 0 saturated heterocycles. The number of benzene rings is 9. The van der Waals surface area contributed by atoms with E-state index < -0.39 is 0 Å². The zero-order valence-corrected chi connectivity index (χ0v) is 31.9. The highest BCUT2D eigenvalue weighted by Crippen LogP contribution is 2.52. The lowest BCUT2D eigenvalue weighted by molar-refractivity contribution is 0.660. The van der Waals surface area contributed by atoms with Crippen molar-refractivity contribution < 1.29 is 4.42 Å². The normalized spacial score (nSPS) is 12.9. The van der Waals surface area contributed by atoms with Crippen molar-refractivity contribution in [1.29, 1.82) is 0 Å². The maximum absolute atomic E-state index is 6.89. The fraction of sp³-hybridized carbons (Fsp3) is 0.0545. The first-order valence-corrected chi connectivity index (χ1v) is 19.8. The molecule has 0 fully saturated rings. The summed E-state index contributed by atoms with van der Waals surface area (Å²) in [6, 6.07) is 72.6. The summed E-state index contributed by atoms with van der Waals surface area (Å²) in [5.74, 6) is 0. The first kappa shape index (κ1) is 33.2. The molecule has 1 aromatic heterocycles. The summed E-state index contributed by atoms with van der Waals surface area (Å²) in [6.07, 6.45) is 0. The number of hydrogen-bond donors (Lipinski definition) is 0. The summed E-state index contributed by atoms with van der Waals surface area (Å²) in [7, 11) is 0. The first-order valence-electron chi connectivity index (χ1n) is 19.8. The molecule has 0 atom stereocenters. The van der Waals surface area contributed by atoms with Gasteiger partial charge in [-0.3, -0.25) is 0 Å².